The van der Waals surface area contributed by atoms with Crippen LogP contribution in [0.4, 0.5) is 0 Å². The Morgan fingerprint density at radius 2 is 2.15 bits per heavy atom. The topological polar surface area (TPSA) is 87.7 Å². The van der Waals surface area contributed by atoms with E-state index in [0.717, 1.165) is 12.0 Å². The molecule has 106 valence electrons. The molecule has 20 heavy (non-hydrogen) atoms. The van der Waals surface area contributed by atoms with Gasteiger partial charge in [0.05, 0.1) is 6.26 Å². The predicted octanol–water partition coefficient (Wildman–Crippen LogP) is 3.05. The van der Waals surface area contributed by atoms with Crippen LogP contribution in [0.2, 0.25) is 0 Å². The highest BCUT2D eigenvalue weighted by atomic mass is 16.4. The summed E-state index contributed by atoms with van der Waals surface area (Å²) >= 11 is 0. The number of carboxylic acid groups (broad SMARTS) is 2. The molecule has 0 spiro atoms. The van der Waals surface area contributed by atoms with Crippen LogP contribution in [0.5, 0.6) is 0 Å². The molecule has 0 aromatic carbocycles. The fourth-order valence-electron chi connectivity index (χ4n) is 2.26. The van der Waals surface area contributed by atoms with E-state index >= 15 is 0 Å². The minimum absolute atomic E-state index is 0.211. The summed E-state index contributed by atoms with van der Waals surface area (Å²) < 4.78 is 5.34. The van der Waals surface area contributed by atoms with Gasteiger partial charge in [-0.1, -0.05) is 6.08 Å². The standard InChI is InChI=1S/C15H16O5/c1-9(14(16)17)6-13-7-12(8-20-13)10-2-4-11(5-3-10)15(18)19/h4,6-8,10H,2-3,5H2,1H3,(H,16,17)(H,18,19)/b9-6-. The van der Waals surface area contributed by atoms with Crippen LogP contribution in [0.15, 0.2) is 34.0 Å². The zero-order chi connectivity index (χ0) is 14.7. The smallest absolute Gasteiger partial charge is 0.331 e. The maximum absolute atomic E-state index is 10.8. The van der Waals surface area contributed by atoms with Crippen LogP contribution >= 0.6 is 0 Å². The molecule has 0 bridgehead atoms. The minimum Gasteiger partial charge on any atom is -0.478 e. The summed E-state index contributed by atoms with van der Waals surface area (Å²) in [5.41, 5.74) is 1.66. The Bertz CT molecular complexity index is 591. The number of allylic oxidation sites excluding steroid dienone is 1. The van der Waals surface area contributed by atoms with E-state index in [1.807, 2.05) is 6.07 Å². The van der Waals surface area contributed by atoms with Crippen LogP contribution in [0.25, 0.3) is 6.08 Å². The van der Waals surface area contributed by atoms with E-state index < -0.39 is 11.9 Å². The fraction of sp³-hybridized carbons (Fsp3) is 0.333. The Labute approximate surface area is 116 Å². The molecule has 1 aromatic rings. The summed E-state index contributed by atoms with van der Waals surface area (Å²) in [6, 6.07) is 1.82. The van der Waals surface area contributed by atoms with Crippen LogP contribution < -0.4 is 0 Å². The van der Waals surface area contributed by atoms with E-state index in [-0.39, 0.29) is 11.5 Å². The van der Waals surface area contributed by atoms with Crippen LogP contribution in [-0.4, -0.2) is 22.2 Å². The van der Waals surface area contributed by atoms with Gasteiger partial charge in [-0.15, -0.1) is 0 Å². The van der Waals surface area contributed by atoms with Gasteiger partial charge in [-0.25, -0.2) is 9.59 Å². The molecule has 1 aliphatic rings. The van der Waals surface area contributed by atoms with Crippen molar-refractivity contribution in [2.24, 2.45) is 0 Å². The molecule has 5 nitrogen and oxygen atoms in total. The quantitative estimate of drug-likeness (QED) is 0.825. The lowest BCUT2D eigenvalue weighted by atomic mass is 9.86. The van der Waals surface area contributed by atoms with Crippen molar-refractivity contribution in [2.45, 2.75) is 32.1 Å². The Kier molecular flexibility index (Phi) is 4.08. The fourth-order valence-corrected chi connectivity index (χ4v) is 2.26. The van der Waals surface area contributed by atoms with Gasteiger partial charge in [-0.05, 0) is 49.8 Å². The van der Waals surface area contributed by atoms with Gasteiger partial charge >= 0.3 is 11.9 Å². The Morgan fingerprint density at radius 1 is 1.40 bits per heavy atom. The van der Waals surface area contributed by atoms with Gasteiger partial charge in [0.1, 0.15) is 5.76 Å². The Hall–Kier alpha value is -2.30. The third kappa shape index (κ3) is 3.17. The number of hydrogen-bond donors (Lipinski definition) is 2. The lowest BCUT2D eigenvalue weighted by Crippen LogP contribution is -2.09. The molecule has 0 radical (unpaired) electrons. The van der Waals surface area contributed by atoms with Crippen molar-refractivity contribution in [3.05, 3.63) is 40.9 Å². The second-order valence-electron chi connectivity index (χ2n) is 4.92. The first-order valence-electron chi connectivity index (χ1n) is 6.39. The number of carbonyl (C=O) groups is 2. The lowest BCUT2D eigenvalue weighted by Gasteiger charge is -2.18. The summed E-state index contributed by atoms with van der Waals surface area (Å²) in [5.74, 6) is -1.09. The van der Waals surface area contributed by atoms with E-state index in [9.17, 15) is 9.59 Å². The van der Waals surface area contributed by atoms with Crippen molar-refractivity contribution in [3.63, 3.8) is 0 Å². The van der Waals surface area contributed by atoms with Crippen molar-refractivity contribution in [3.8, 4) is 0 Å². The van der Waals surface area contributed by atoms with Crippen molar-refractivity contribution in [2.75, 3.05) is 0 Å². The van der Waals surface area contributed by atoms with Crippen LogP contribution in [0.1, 0.15) is 43.4 Å². The summed E-state index contributed by atoms with van der Waals surface area (Å²) in [7, 11) is 0. The summed E-state index contributed by atoms with van der Waals surface area (Å²) in [6.07, 6.45) is 6.82. The van der Waals surface area contributed by atoms with Crippen molar-refractivity contribution in [1.29, 1.82) is 0 Å². The summed E-state index contributed by atoms with van der Waals surface area (Å²) in [5, 5.41) is 17.7. The molecular weight excluding hydrogens is 260 g/mol. The van der Waals surface area contributed by atoms with Gasteiger partial charge < -0.3 is 14.6 Å². The Morgan fingerprint density at radius 3 is 2.70 bits per heavy atom. The van der Waals surface area contributed by atoms with E-state index in [0.29, 0.717) is 24.2 Å². The van der Waals surface area contributed by atoms with Crippen molar-refractivity contribution < 1.29 is 24.2 Å². The van der Waals surface area contributed by atoms with Crippen LogP contribution in [0, 0.1) is 0 Å². The van der Waals surface area contributed by atoms with E-state index in [1.165, 1.54) is 13.0 Å². The first-order chi connectivity index (χ1) is 9.47. The third-order valence-corrected chi connectivity index (χ3v) is 3.49. The molecule has 1 atom stereocenters. The van der Waals surface area contributed by atoms with E-state index in [4.69, 9.17) is 14.6 Å². The van der Waals surface area contributed by atoms with Gasteiger partial charge in [0.15, 0.2) is 0 Å². The number of aliphatic carboxylic acids is 2. The summed E-state index contributed by atoms with van der Waals surface area (Å²) in [6.45, 7) is 1.51. The molecule has 1 heterocycles. The number of rotatable bonds is 4. The highest BCUT2D eigenvalue weighted by Gasteiger charge is 2.20. The predicted molar refractivity (Wildman–Crippen MR) is 72.3 cm³/mol. The molecule has 0 fully saturated rings. The first-order valence-corrected chi connectivity index (χ1v) is 6.39. The second kappa shape index (κ2) is 5.77. The van der Waals surface area contributed by atoms with Gasteiger partial charge in [0.2, 0.25) is 0 Å². The second-order valence-corrected chi connectivity index (χ2v) is 4.92. The highest BCUT2D eigenvalue weighted by Crippen LogP contribution is 2.33. The SMILES string of the molecule is C/C(=C/c1cc(C2CC=C(C(=O)O)CC2)co1)C(=O)O. The van der Waals surface area contributed by atoms with Gasteiger partial charge in [0.25, 0.3) is 0 Å². The molecule has 1 aliphatic carbocycles. The zero-order valence-electron chi connectivity index (χ0n) is 11.1. The molecule has 0 saturated heterocycles. The van der Waals surface area contributed by atoms with Crippen molar-refractivity contribution >= 4 is 18.0 Å². The maximum Gasteiger partial charge on any atom is 0.331 e. The molecule has 0 amide bonds. The lowest BCUT2D eigenvalue weighted by molar-refractivity contribution is -0.133. The third-order valence-electron chi connectivity index (χ3n) is 3.49. The van der Waals surface area contributed by atoms with Crippen LogP contribution in [-0.2, 0) is 9.59 Å². The average Bonchev–Trinajstić information content (AvgIpc) is 2.87. The highest BCUT2D eigenvalue weighted by molar-refractivity contribution is 5.91. The largest absolute Gasteiger partial charge is 0.478 e. The van der Waals surface area contributed by atoms with Crippen molar-refractivity contribution in [1.82, 2.24) is 0 Å². The molecule has 1 aromatic heterocycles. The molecule has 2 N–H and O–H groups in total. The van der Waals surface area contributed by atoms with E-state index in [1.54, 1.807) is 12.3 Å². The van der Waals surface area contributed by atoms with Gasteiger partial charge in [0, 0.05) is 11.1 Å². The van der Waals surface area contributed by atoms with Gasteiger partial charge in [-0.3, -0.25) is 0 Å². The molecule has 0 aliphatic heterocycles. The number of hydrogen-bond acceptors (Lipinski definition) is 3. The first kappa shape index (κ1) is 14.1. The Balaban J connectivity index is 2.09. The number of furan rings is 1. The van der Waals surface area contributed by atoms with E-state index in [2.05, 4.69) is 0 Å². The maximum atomic E-state index is 10.8. The van der Waals surface area contributed by atoms with Crippen LogP contribution in [0.3, 0.4) is 0 Å². The molecular formula is C15H16O5. The molecule has 2 rings (SSSR count). The summed E-state index contributed by atoms with van der Waals surface area (Å²) in [4.78, 5) is 21.6. The average molecular weight is 276 g/mol. The monoisotopic (exact) mass is 276 g/mol. The molecule has 1 unspecified atom stereocenters. The molecule has 5 heteroatoms. The zero-order valence-corrected chi connectivity index (χ0v) is 11.1. The normalized spacial score (nSPS) is 19.6. The molecule has 0 saturated carbocycles. The van der Waals surface area contributed by atoms with Gasteiger partial charge in [-0.2, -0.15) is 0 Å². The number of carboxylic acids is 2. The minimum atomic E-state index is -0.977.